The molecule has 0 rings (SSSR count). The number of hydrogen-bond donors (Lipinski definition) is 2. The van der Waals surface area contributed by atoms with E-state index in [1.54, 1.807) is 0 Å². The van der Waals surface area contributed by atoms with Gasteiger partial charge in [-0.1, -0.05) is 12.8 Å². The van der Waals surface area contributed by atoms with Crippen LogP contribution in [-0.2, 0) is 14.6 Å². The molecule has 0 aliphatic carbocycles. The van der Waals surface area contributed by atoms with E-state index in [9.17, 15) is 13.2 Å². The number of nitrogens with two attached hydrogens (primary N) is 1. The molecule has 0 saturated carbocycles. The van der Waals surface area contributed by atoms with Gasteiger partial charge in [0.15, 0.2) is 0 Å². The summed E-state index contributed by atoms with van der Waals surface area (Å²) in [7, 11) is -3.05. The van der Waals surface area contributed by atoms with Crippen molar-refractivity contribution in [2.45, 2.75) is 38.1 Å². The molecule has 0 spiro atoms. The SMILES string of the molecule is CSCCCCCCNC(=O)C(N)CCS(C)(=O)=O. The van der Waals surface area contributed by atoms with Crippen LogP contribution in [0.4, 0.5) is 0 Å². The minimum Gasteiger partial charge on any atom is -0.355 e. The molecule has 1 amide bonds. The van der Waals surface area contributed by atoms with Crippen LogP contribution in [0.15, 0.2) is 0 Å². The molecule has 0 saturated heterocycles. The van der Waals surface area contributed by atoms with Crippen LogP contribution in [0.5, 0.6) is 0 Å². The van der Waals surface area contributed by atoms with Gasteiger partial charge in [-0.05, 0) is 31.3 Å². The van der Waals surface area contributed by atoms with Gasteiger partial charge in [0.2, 0.25) is 5.91 Å². The van der Waals surface area contributed by atoms with Gasteiger partial charge in [-0.2, -0.15) is 11.8 Å². The molecule has 0 aromatic heterocycles. The number of sulfone groups is 1. The average Bonchev–Trinajstić information content (AvgIpc) is 2.33. The van der Waals surface area contributed by atoms with Crippen LogP contribution in [0.1, 0.15) is 32.1 Å². The first kappa shape index (κ1) is 18.7. The van der Waals surface area contributed by atoms with Crippen molar-refractivity contribution in [3.8, 4) is 0 Å². The van der Waals surface area contributed by atoms with E-state index in [2.05, 4.69) is 11.6 Å². The van der Waals surface area contributed by atoms with Gasteiger partial charge in [-0.25, -0.2) is 8.42 Å². The maximum atomic E-state index is 11.6. The van der Waals surface area contributed by atoms with Crippen LogP contribution < -0.4 is 11.1 Å². The van der Waals surface area contributed by atoms with Crippen molar-refractivity contribution in [1.29, 1.82) is 0 Å². The summed E-state index contributed by atoms with van der Waals surface area (Å²) in [6, 6.07) is -0.730. The maximum absolute atomic E-state index is 11.6. The van der Waals surface area contributed by atoms with E-state index in [0.717, 1.165) is 19.1 Å². The van der Waals surface area contributed by atoms with Gasteiger partial charge >= 0.3 is 0 Å². The molecular weight excluding hydrogens is 284 g/mol. The van der Waals surface area contributed by atoms with Gasteiger partial charge < -0.3 is 11.1 Å². The second-order valence-corrected chi connectivity index (χ2v) is 7.97. The van der Waals surface area contributed by atoms with Crippen molar-refractivity contribution in [2.75, 3.05) is 30.6 Å². The molecule has 5 nitrogen and oxygen atoms in total. The zero-order valence-corrected chi connectivity index (χ0v) is 13.5. The zero-order chi connectivity index (χ0) is 14.7. The first-order valence-corrected chi connectivity index (χ1v) is 10.0. The fourth-order valence-electron chi connectivity index (χ4n) is 1.54. The largest absolute Gasteiger partial charge is 0.355 e. The molecule has 19 heavy (non-hydrogen) atoms. The van der Waals surface area contributed by atoms with Crippen LogP contribution in [-0.4, -0.2) is 50.9 Å². The lowest BCUT2D eigenvalue weighted by Crippen LogP contribution is -2.41. The van der Waals surface area contributed by atoms with Crippen molar-refractivity contribution >= 4 is 27.5 Å². The Morgan fingerprint density at radius 2 is 1.89 bits per heavy atom. The number of unbranched alkanes of at least 4 members (excludes halogenated alkanes) is 3. The summed E-state index contributed by atoms with van der Waals surface area (Å²) >= 11 is 1.85. The fraction of sp³-hybridized carbons (Fsp3) is 0.917. The fourth-order valence-corrected chi connectivity index (χ4v) is 2.71. The predicted octanol–water partition coefficient (Wildman–Crippen LogP) is 0.788. The van der Waals surface area contributed by atoms with Gasteiger partial charge in [0.25, 0.3) is 0 Å². The monoisotopic (exact) mass is 310 g/mol. The molecule has 3 N–H and O–H groups in total. The van der Waals surface area contributed by atoms with Gasteiger partial charge in [-0.3, -0.25) is 4.79 Å². The molecule has 0 aliphatic rings. The molecule has 0 aliphatic heterocycles. The molecule has 1 atom stereocenters. The van der Waals surface area contributed by atoms with Crippen LogP contribution in [0.2, 0.25) is 0 Å². The highest BCUT2D eigenvalue weighted by molar-refractivity contribution is 7.98. The summed E-state index contributed by atoms with van der Waals surface area (Å²) in [5.41, 5.74) is 5.63. The minimum absolute atomic E-state index is 0.0454. The van der Waals surface area contributed by atoms with E-state index in [1.165, 1.54) is 18.6 Å². The second-order valence-electron chi connectivity index (χ2n) is 4.72. The molecular formula is C12H26N2O3S2. The van der Waals surface area contributed by atoms with E-state index in [1.807, 2.05) is 11.8 Å². The van der Waals surface area contributed by atoms with Crippen LogP contribution in [0, 0.1) is 0 Å². The molecule has 1 unspecified atom stereocenters. The smallest absolute Gasteiger partial charge is 0.236 e. The summed E-state index contributed by atoms with van der Waals surface area (Å²) in [6.07, 6.45) is 7.85. The molecule has 0 fully saturated rings. The highest BCUT2D eigenvalue weighted by atomic mass is 32.2. The molecule has 0 bridgehead atoms. The third kappa shape index (κ3) is 12.5. The Labute approximate surface area is 121 Å². The number of thioether (sulfide) groups is 1. The number of nitrogens with one attached hydrogen (secondary N) is 1. The Hall–Kier alpha value is -0.270. The standard InChI is InChI=1S/C12H26N2O3S2/c1-18-9-6-4-3-5-8-14-12(15)11(13)7-10-19(2,16)17/h11H,3-10,13H2,1-2H3,(H,14,15). The predicted molar refractivity (Wildman–Crippen MR) is 82.2 cm³/mol. The zero-order valence-electron chi connectivity index (χ0n) is 11.9. The summed E-state index contributed by atoms with van der Waals surface area (Å²) < 4.78 is 21.9. The Balaban J connectivity index is 3.57. The molecule has 0 aromatic rings. The van der Waals surface area contributed by atoms with Crippen molar-refractivity contribution in [3.05, 3.63) is 0 Å². The highest BCUT2D eigenvalue weighted by Crippen LogP contribution is 2.04. The van der Waals surface area contributed by atoms with Crippen LogP contribution in [0.25, 0.3) is 0 Å². The second kappa shape index (κ2) is 10.5. The van der Waals surface area contributed by atoms with E-state index >= 15 is 0 Å². The third-order valence-electron chi connectivity index (χ3n) is 2.71. The minimum atomic E-state index is -3.05. The number of carbonyl (C=O) groups excluding carboxylic acids is 1. The first-order chi connectivity index (χ1) is 8.87. The molecule has 0 radical (unpaired) electrons. The first-order valence-electron chi connectivity index (χ1n) is 6.57. The number of hydrogen-bond acceptors (Lipinski definition) is 5. The lowest BCUT2D eigenvalue weighted by atomic mass is 10.2. The normalized spacial score (nSPS) is 13.2. The van der Waals surface area contributed by atoms with Crippen molar-refractivity contribution < 1.29 is 13.2 Å². The summed E-state index contributed by atoms with van der Waals surface area (Å²) in [4.78, 5) is 11.6. The van der Waals surface area contributed by atoms with Crippen LogP contribution >= 0.6 is 11.8 Å². The third-order valence-corrected chi connectivity index (χ3v) is 4.39. The number of rotatable bonds is 11. The van der Waals surface area contributed by atoms with Gasteiger partial charge in [0, 0.05) is 12.8 Å². The van der Waals surface area contributed by atoms with E-state index in [0.29, 0.717) is 6.54 Å². The summed E-state index contributed by atoms with van der Waals surface area (Å²) in [6.45, 7) is 0.616. The van der Waals surface area contributed by atoms with E-state index in [4.69, 9.17) is 5.73 Å². The highest BCUT2D eigenvalue weighted by Gasteiger charge is 2.15. The topological polar surface area (TPSA) is 89.3 Å². The molecule has 0 heterocycles. The lowest BCUT2D eigenvalue weighted by Gasteiger charge is -2.11. The van der Waals surface area contributed by atoms with Gasteiger partial charge in [0.1, 0.15) is 9.84 Å². The Morgan fingerprint density at radius 1 is 1.26 bits per heavy atom. The Morgan fingerprint density at radius 3 is 2.47 bits per heavy atom. The number of carbonyl (C=O) groups is 1. The van der Waals surface area contributed by atoms with Crippen molar-refractivity contribution in [3.63, 3.8) is 0 Å². The van der Waals surface area contributed by atoms with Crippen LogP contribution in [0.3, 0.4) is 0 Å². The molecule has 114 valence electrons. The maximum Gasteiger partial charge on any atom is 0.236 e. The average molecular weight is 310 g/mol. The van der Waals surface area contributed by atoms with E-state index < -0.39 is 15.9 Å². The summed E-state index contributed by atoms with van der Waals surface area (Å²) in [5, 5.41) is 2.75. The number of amides is 1. The van der Waals surface area contributed by atoms with Crippen molar-refractivity contribution in [1.82, 2.24) is 5.32 Å². The van der Waals surface area contributed by atoms with Gasteiger partial charge in [-0.15, -0.1) is 0 Å². The quantitative estimate of drug-likeness (QED) is 0.551. The van der Waals surface area contributed by atoms with Crippen molar-refractivity contribution in [2.24, 2.45) is 5.73 Å². The Kier molecular flexibility index (Phi) is 10.4. The van der Waals surface area contributed by atoms with E-state index in [-0.39, 0.29) is 18.1 Å². The lowest BCUT2D eigenvalue weighted by molar-refractivity contribution is -0.122. The Bertz CT molecular complexity index is 345. The summed E-state index contributed by atoms with van der Waals surface area (Å²) in [5.74, 6) is 0.881. The van der Waals surface area contributed by atoms with Gasteiger partial charge in [0.05, 0.1) is 11.8 Å². The molecule has 7 heteroatoms. The molecule has 0 aromatic carbocycles.